The highest BCUT2D eigenvalue weighted by Crippen LogP contribution is 2.48. The predicted molar refractivity (Wildman–Crippen MR) is 162 cm³/mol. The van der Waals surface area contributed by atoms with Crippen LogP contribution in [0.3, 0.4) is 0 Å². The lowest BCUT2D eigenvalue weighted by Crippen LogP contribution is -1.99. The van der Waals surface area contributed by atoms with Gasteiger partial charge in [0, 0.05) is 39.0 Å². The topological polar surface area (TPSA) is 146 Å². The monoisotopic (exact) mass is 644 g/mol. The highest BCUT2D eigenvalue weighted by Gasteiger charge is 2.21. The molecule has 8 nitrogen and oxygen atoms in total. The molecule has 5 rings (SSSR count). The number of carboxylic acid groups (broad SMARTS) is 3. The molecule has 0 atom stereocenters. The van der Waals surface area contributed by atoms with Crippen molar-refractivity contribution in [3.05, 3.63) is 68.4 Å². The van der Waals surface area contributed by atoms with Crippen LogP contribution in [0.4, 0.5) is 0 Å². The molecule has 210 valence electrons. The molecule has 0 aromatic carbocycles. The van der Waals surface area contributed by atoms with Crippen LogP contribution in [0.2, 0.25) is 0 Å². The van der Waals surface area contributed by atoms with Crippen molar-refractivity contribution in [3.8, 4) is 39.0 Å². The molecule has 0 unspecified atom stereocenters. The fourth-order valence-electron chi connectivity index (χ4n) is 4.11. The standard InChI is InChI=1S/C27H20O6S5.CO2/c1-11-6-17(18-7-12(2)23(36-18)26(30)31)35-22(11)15-4-5-16(34-15)25-14(10-21(28)29)9-20(38-25)19-8-13(3)24(37-19)27(32)33;2-1-3/h4-9H,10H2,1-3H3,(H,28,29)(H,30,31)(H,32,33);. The number of thiophene rings is 5. The largest absolute Gasteiger partial charge is 0.481 e. The van der Waals surface area contributed by atoms with Crippen LogP contribution >= 0.6 is 56.7 Å². The molecule has 3 N–H and O–H groups in total. The quantitative estimate of drug-likeness (QED) is 0.154. The lowest BCUT2D eigenvalue weighted by Gasteiger charge is -1.98. The maximum absolute atomic E-state index is 11.6. The lowest BCUT2D eigenvalue weighted by molar-refractivity contribution is -0.191. The maximum Gasteiger partial charge on any atom is 0.373 e. The normalized spacial score (nSPS) is 10.6. The number of rotatable bonds is 8. The molecule has 0 saturated carbocycles. The van der Waals surface area contributed by atoms with Crippen molar-refractivity contribution >= 4 is 80.7 Å². The molecular formula is C28H20O8S5. The predicted octanol–water partition coefficient (Wildman–Crippen LogP) is 8.03. The molecule has 0 bridgehead atoms. The third-order valence-electron chi connectivity index (χ3n) is 5.83. The maximum atomic E-state index is 11.6. The van der Waals surface area contributed by atoms with Gasteiger partial charge in [-0.25, -0.2) is 9.59 Å². The first-order valence-electron chi connectivity index (χ1n) is 11.7. The minimum Gasteiger partial charge on any atom is -0.481 e. The van der Waals surface area contributed by atoms with Gasteiger partial charge < -0.3 is 15.3 Å². The number of hydrogen-bond donors (Lipinski definition) is 3. The molecule has 0 spiro atoms. The van der Waals surface area contributed by atoms with Crippen molar-refractivity contribution in [1.82, 2.24) is 0 Å². The van der Waals surface area contributed by atoms with Gasteiger partial charge in [0.15, 0.2) is 0 Å². The van der Waals surface area contributed by atoms with E-state index in [2.05, 4.69) is 6.07 Å². The highest BCUT2D eigenvalue weighted by atomic mass is 32.1. The van der Waals surface area contributed by atoms with E-state index in [9.17, 15) is 29.7 Å². The minimum absolute atomic E-state index is 0.124. The van der Waals surface area contributed by atoms with E-state index in [1.807, 2.05) is 37.3 Å². The summed E-state index contributed by atoms with van der Waals surface area (Å²) in [5.74, 6) is -2.81. The van der Waals surface area contributed by atoms with Gasteiger partial charge in [-0.05, 0) is 79.4 Å². The van der Waals surface area contributed by atoms with Crippen LogP contribution in [0.5, 0.6) is 0 Å². The second-order valence-corrected chi connectivity index (χ2v) is 14.1. The minimum atomic E-state index is -0.966. The molecule has 0 aliphatic heterocycles. The molecule has 0 fully saturated rings. The number of aryl methyl sites for hydroxylation is 3. The first-order chi connectivity index (χ1) is 19.4. The van der Waals surface area contributed by atoms with Crippen molar-refractivity contribution in [2.24, 2.45) is 0 Å². The van der Waals surface area contributed by atoms with Crippen molar-refractivity contribution < 1.29 is 39.3 Å². The summed E-state index contributed by atoms with van der Waals surface area (Å²) in [7, 11) is 0. The highest BCUT2D eigenvalue weighted by molar-refractivity contribution is 7.30. The molecule has 0 aliphatic carbocycles. The number of carboxylic acids is 3. The first kappa shape index (κ1) is 30.3. The van der Waals surface area contributed by atoms with Crippen molar-refractivity contribution in [3.63, 3.8) is 0 Å². The summed E-state index contributed by atoms with van der Waals surface area (Å²) in [6, 6.07) is 11.7. The molecule has 0 radical (unpaired) electrons. The average molecular weight is 645 g/mol. The molecule has 5 aromatic rings. The number of aromatic carboxylic acids is 2. The summed E-state index contributed by atoms with van der Waals surface area (Å²) >= 11 is 7.15. The van der Waals surface area contributed by atoms with Crippen LogP contribution in [0, 0.1) is 20.8 Å². The summed E-state index contributed by atoms with van der Waals surface area (Å²) in [6.07, 6.45) is 0.126. The molecule has 0 aliphatic rings. The molecule has 13 heteroatoms. The van der Waals surface area contributed by atoms with Gasteiger partial charge in [0.05, 0.1) is 6.42 Å². The Morgan fingerprint density at radius 2 is 1.02 bits per heavy atom. The fourth-order valence-corrected chi connectivity index (χ4v) is 9.96. The Kier molecular flexibility index (Phi) is 9.17. The van der Waals surface area contributed by atoms with Gasteiger partial charge in [-0.15, -0.1) is 56.7 Å². The van der Waals surface area contributed by atoms with E-state index in [-0.39, 0.29) is 17.4 Å². The van der Waals surface area contributed by atoms with Gasteiger partial charge >= 0.3 is 24.1 Å². The summed E-state index contributed by atoms with van der Waals surface area (Å²) < 4.78 is 0. The third kappa shape index (κ3) is 6.46. The Bertz CT molecular complexity index is 1820. The van der Waals surface area contributed by atoms with E-state index < -0.39 is 17.9 Å². The van der Waals surface area contributed by atoms with Gasteiger partial charge in [0.1, 0.15) is 9.75 Å². The van der Waals surface area contributed by atoms with Gasteiger partial charge in [-0.3, -0.25) is 4.79 Å². The Balaban J connectivity index is 0.00000124. The smallest absolute Gasteiger partial charge is 0.373 e. The zero-order valence-electron chi connectivity index (χ0n) is 21.6. The van der Waals surface area contributed by atoms with Crippen LogP contribution in [-0.4, -0.2) is 39.4 Å². The van der Waals surface area contributed by atoms with Crippen LogP contribution in [0.1, 0.15) is 41.6 Å². The van der Waals surface area contributed by atoms with Crippen molar-refractivity contribution in [1.29, 1.82) is 0 Å². The Hall–Kier alpha value is -3.71. The Morgan fingerprint density at radius 1 is 0.610 bits per heavy atom. The van der Waals surface area contributed by atoms with Gasteiger partial charge in [0.25, 0.3) is 0 Å². The Morgan fingerprint density at radius 3 is 1.49 bits per heavy atom. The zero-order chi connectivity index (χ0) is 30.0. The van der Waals surface area contributed by atoms with E-state index in [4.69, 9.17) is 9.59 Å². The first-order valence-corrected chi connectivity index (χ1v) is 15.7. The second kappa shape index (κ2) is 12.4. The lowest BCUT2D eigenvalue weighted by atomic mass is 10.1. The number of carbonyl (C=O) groups excluding carboxylic acids is 2. The van der Waals surface area contributed by atoms with E-state index in [0.29, 0.717) is 16.0 Å². The van der Waals surface area contributed by atoms with E-state index in [0.717, 1.165) is 50.1 Å². The SMILES string of the molecule is Cc1cc(-c2cc(C)c(-c3ccc(-c4sc(-c5cc(C)c(C(=O)O)s5)cc4CC(=O)O)s3)s2)sc1C(=O)O.O=C=O. The number of carbonyl (C=O) groups is 3. The van der Waals surface area contributed by atoms with E-state index in [1.54, 1.807) is 36.5 Å². The van der Waals surface area contributed by atoms with Crippen LogP contribution < -0.4 is 0 Å². The van der Waals surface area contributed by atoms with Crippen molar-refractivity contribution in [2.45, 2.75) is 27.2 Å². The summed E-state index contributed by atoms with van der Waals surface area (Å²) in [5, 5.41) is 28.4. The summed E-state index contributed by atoms with van der Waals surface area (Å²) in [5.41, 5.74) is 3.23. The summed E-state index contributed by atoms with van der Waals surface area (Å²) in [4.78, 5) is 59.1. The molecule has 5 aromatic heterocycles. The second-order valence-electron chi connectivity index (χ2n) is 8.76. The average Bonchev–Trinajstić information content (AvgIpc) is 3.69. The number of hydrogen-bond acceptors (Lipinski definition) is 10. The van der Waals surface area contributed by atoms with Gasteiger partial charge in [0.2, 0.25) is 0 Å². The Labute approximate surface area is 253 Å². The molecular weight excluding hydrogens is 625 g/mol. The zero-order valence-corrected chi connectivity index (χ0v) is 25.7. The fraction of sp³-hybridized carbons (Fsp3) is 0.143. The molecule has 0 saturated heterocycles. The van der Waals surface area contributed by atoms with Crippen molar-refractivity contribution in [2.75, 3.05) is 0 Å². The number of aliphatic carboxylic acids is 1. The van der Waals surface area contributed by atoms with Crippen LogP contribution in [-0.2, 0) is 20.8 Å². The molecule has 0 amide bonds. The summed E-state index contributed by atoms with van der Waals surface area (Å²) in [6.45, 7) is 5.60. The third-order valence-corrected chi connectivity index (χ3v) is 12.5. The van der Waals surface area contributed by atoms with Gasteiger partial charge in [-0.2, -0.15) is 9.59 Å². The molecule has 5 heterocycles. The van der Waals surface area contributed by atoms with Gasteiger partial charge in [-0.1, -0.05) is 0 Å². The molecule has 41 heavy (non-hydrogen) atoms. The van der Waals surface area contributed by atoms with Crippen LogP contribution in [0.15, 0.2) is 36.4 Å². The van der Waals surface area contributed by atoms with E-state index >= 15 is 0 Å². The van der Waals surface area contributed by atoms with Crippen LogP contribution in [0.25, 0.3) is 39.0 Å². The van der Waals surface area contributed by atoms with E-state index in [1.165, 1.54) is 34.0 Å².